The van der Waals surface area contributed by atoms with Crippen molar-refractivity contribution in [3.8, 4) is 34.5 Å². The van der Waals surface area contributed by atoms with Crippen LogP contribution in [-0.4, -0.2) is 49.3 Å². The molecule has 6 rings (SSSR count). The summed E-state index contributed by atoms with van der Waals surface area (Å²) in [5, 5.41) is 27.3. The van der Waals surface area contributed by atoms with E-state index in [9.17, 15) is 19.7 Å². The Kier molecular flexibility index (Phi) is 6.85. The zero-order chi connectivity index (χ0) is 29.3. The van der Waals surface area contributed by atoms with Crippen LogP contribution in [0, 0.1) is 28.5 Å². The molecule has 0 atom stereocenters. The van der Waals surface area contributed by atoms with Crippen LogP contribution in [0.5, 0.6) is 0 Å². The van der Waals surface area contributed by atoms with Crippen LogP contribution in [0.1, 0.15) is 35.2 Å². The van der Waals surface area contributed by atoms with E-state index in [0.29, 0.717) is 37.1 Å². The number of fused-ring (bicyclic) bond motifs is 1. The summed E-state index contributed by atoms with van der Waals surface area (Å²) in [6, 6.07) is 16.1. The molecule has 2 N–H and O–H groups in total. The van der Waals surface area contributed by atoms with Gasteiger partial charge in [-0.05, 0) is 43.2 Å². The van der Waals surface area contributed by atoms with Crippen LogP contribution in [0.15, 0.2) is 67.3 Å². The molecule has 0 unspecified atom stereocenters. The van der Waals surface area contributed by atoms with Crippen LogP contribution < -0.4 is 10.2 Å². The number of aromatic nitrogens is 5. The summed E-state index contributed by atoms with van der Waals surface area (Å²) in [6.45, 7) is 1.11. The summed E-state index contributed by atoms with van der Waals surface area (Å²) in [5.74, 6) is -0.367. The molecule has 0 radical (unpaired) electrons. The van der Waals surface area contributed by atoms with Gasteiger partial charge in [0.25, 0.3) is 5.91 Å². The lowest BCUT2D eigenvalue weighted by molar-refractivity contribution is 0.0878. The molecule has 1 aliphatic rings. The summed E-state index contributed by atoms with van der Waals surface area (Å²) in [5.41, 5.74) is 3.61. The Bertz CT molecular complexity index is 1870. The fourth-order valence-electron chi connectivity index (χ4n) is 5.52. The molecule has 0 spiro atoms. The molecular formula is C31H26FN9O. The summed E-state index contributed by atoms with van der Waals surface area (Å²) >= 11 is 0. The third-order valence-electron chi connectivity index (χ3n) is 7.79. The number of H-pyrrole nitrogens is 1. The maximum absolute atomic E-state index is 14.2. The second kappa shape index (κ2) is 10.8. The summed E-state index contributed by atoms with van der Waals surface area (Å²) in [4.78, 5) is 27.4. The lowest BCUT2D eigenvalue weighted by Gasteiger charge is -2.41. The quantitative estimate of drug-likeness (QED) is 0.307. The smallest absolute Gasteiger partial charge is 0.254 e. The third-order valence-corrected chi connectivity index (χ3v) is 7.79. The average Bonchev–Trinajstić information content (AvgIpc) is 3.64. The molecule has 1 saturated heterocycles. The summed E-state index contributed by atoms with van der Waals surface area (Å²) in [7, 11) is 1.85. The van der Waals surface area contributed by atoms with Gasteiger partial charge >= 0.3 is 0 Å². The Morgan fingerprint density at radius 1 is 1.10 bits per heavy atom. The van der Waals surface area contributed by atoms with Gasteiger partial charge in [0, 0.05) is 60.8 Å². The predicted octanol–water partition coefficient (Wildman–Crippen LogP) is 4.72. The van der Waals surface area contributed by atoms with E-state index >= 15 is 0 Å². The Hall–Kier alpha value is -5.55. The van der Waals surface area contributed by atoms with Gasteiger partial charge in [0.1, 0.15) is 23.4 Å². The second-order valence-corrected chi connectivity index (χ2v) is 10.4. The normalized spacial score (nSPS) is 14.3. The number of aromatic amines is 1. The molecule has 5 aromatic rings. The SMILES string of the molecule is Cn1cc(-c2cc3c(-c4ccc(N5CCC(CC#N)(NC(=O)c6ccccc6F)CC5)nc4)c(C#N)cnc3[nH]2)cn1. The zero-order valence-electron chi connectivity index (χ0n) is 22.8. The lowest BCUT2D eigenvalue weighted by atomic mass is 9.84. The van der Waals surface area contributed by atoms with Crippen LogP contribution >= 0.6 is 0 Å². The molecule has 1 aliphatic heterocycles. The van der Waals surface area contributed by atoms with Crippen molar-refractivity contribution >= 4 is 22.8 Å². The van der Waals surface area contributed by atoms with Gasteiger partial charge < -0.3 is 15.2 Å². The Balaban J connectivity index is 1.22. The number of amides is 1. The van der Waals surface area contributed by atoms with Crippen molar-refractivity contribution in [3.63, 3.8) is 0 Å². The number of rotatable bonds is 6. The summed E-state index contributed by atoms with van der Waals surface area (Å²) < 4.78 is 15.9. The molecular weight excluding hydrogens is 533 g/mol. The average molecular weight is 560 g/mol. The second-order valence-electron chi connectivity index (χ2n) is 10.4. The van der Waals surface area contributed by atoms with Gasteiger partial charge in [0.2, 0.25) is 0 Å². The molecule has 1 aromatic carbocycles. The van der Waals surface area contributed by atoms with Crippen molar-refractivity contribution in [1.29, 1.82) is 10.5 Å². The topological polar surface area (TPSA) is 139 Å². The van der Waals surface area contributed by atoms with Crippen molar-refractivity contribution in [2.24, 2.45) is 7.05 Å². The van der Waals surface area contributed by atoms with Crippen molar-refractivity contribution in [2.75, 3.05) is 18.0 Å². The van der Waals surface area contributed by atoms with E-state index in [0.717, 1.165) is 33.6 Å². The van der Waals surface area contributed by atoms with Gasteiger partial charge in [0.05, 0.1) is 41.0 Å². The van der Waals surface area contributed by atoms with Crippen LogP contribution in [0.25, 0.3) is 33.4 Å². The standard InChI is InChI=1S/C31H26FN9O/c1-40-19-22(18-37-40)26-14-24-28(21(15-34)17-36-29(24)38-26)20-6-7-27(35-16-20)41-12-9-31(8-11-33,10-13-41)39-30(42)23-4-2-3-5-25(23)32/h2-7,14,16-19H,8-10,12-13H2,1H3,(H,36,38)(H,39,42). The van der Waals surface area contributed by atoms with E-state index in [1.807, 2.05) is 31.4 Å². The van der Waals surface area contributed by atoms with Gasteiger partial charge in [-0.3, -0.25) is 9.48 Å². The number of aryl methyl sites for hydroxylation is 1. The Morgan fingerprint density at radius 2 is 1.90 bits per heavy atom. The monoisotopic (exact) mass is 559 g/mol. The van der Waals surface area contributed by atoms with Gasteiger partial charge in [-0.2, -0.15) is 15.6 Å². The van der Waals surface area contributed by atoms with E-state index in [2.05, 4.69) is 37.4 Å². The van der Waals surface area contributed by atoms with Crippen LogP contribution in [-0.2, 0) is 7.05 Å². The lowest BCUT2D eigenvalue weighted by Crippen LogP contribution is -2.55. The molecule has 5 heterocycles. The van der Waals surface area contributed by atoms with Gasteiger partial charge in [-0.25, -0.2) is 14.4 Å². The molecule has 1 amide bonds. The molecule has 10 nitrogen and oxygen atoms in total. The number of piperidine rings is 1. The number of nitrogens with zero attached hydrogens (tertiary/aromatic N) is 7. The highest BCUT2D eigenvalue weighted by Crippen LogP contribution is 2.35. The molecule has 4 aromatic heterocycles. The minimum Gasteiger partial charge on any atom is -0.356 e. The molecule has 0 aliphatic carbocycles. The number of nitriles is 2. The Morgan fingerprint density at radius 3 is 2.57 bits per heavy atom. The maximum atomic E-state index is 14.2. The fraction of sp³-hybridized carbons (Fsp3) is 0.226. The minimum atomic E-state index is -0.755. The van der Waals surface area contributed by atoms with Gasteiger partial charge in [-0.15, -0.1) is 0 Å². The number of pyridine rings is 2. The third kappa shape index (κ3) is 4.93. The maximum Gasteiger partial charge on any atom is 0.254 e. The number of nitrogens with one attached hydrogen (secondary N) is 2. The minimum absolute atomic E-state index is 0.0357. The first kappa shape index (κ1) is 26.7. The van der Waals surface area contributed by atoms with E-state index in [4.69, 9.17) is 4.98 Å². The van der Waals surface area contributed by atoms with Gasteiger partial charge in [-0.1, -0.05) is 12.1 Å². The highest BCUT2D eigenvalue weighted by atomic mass is 19.1. The van der Waals surface area contributed by atoms with Crippen molar-refractivity contribution < 1.29 is 9.18 Å². The number of anilines is 1. The molecule has 0 saturated carbocycles. The number of hydrogen-bond donors (Lipinski definition) is 2. The van der Waals surface area contributed by atoms with Crippen LogP contribution in [0.4, 0.5) is 10.2 Å². The number of halogens is 1. The van der Waals surface area contributed by atoms with Crippen molar-refractivity contribution in [3.05, 3.63) is 84.2 Å². The first-order chi connectivity index (χ1) is 20.4. The molecule has 0 bridgehead atoms. The first-order valence-corrected chi connectivity index (χ1v) is 13.5. The number of carbonyl (C=O) groups is 1. The van der Waals surface area contributed by atoms with E-state index in [1.165, 1.54) is 18.2 Å². The van der Waals surface area contributed by atoms with Crippen molar-refractivity contribution in [2.45, 2.75) is 24.8 Å². The molecule has 11 heteroatoms. The van der Waals surface area contributed by atoms with Crippen LogP contribution in [0.3, 0.4) is 0 Å². The number of benzene rings is 1. The van der Waals surface area contributed by atoms with Gasteiger partial charge in [0.15, 0.2) is 0 Å². The fourth-order valence-corrected chi connectivity index (χ4v) is 5.52. The predicted molar refractivity (Wildman–Crippen MR) is 155 cm³/mol. The first-order valence-electron chi connectivity index (χ1n) is 13.5. The molecule has 42 heavy (non-hydrogen) atoms. The largest absolute Gasteiger partial charge is 0.356 e. The zero-order valence-corrected chi connectivity index (χ0v) is 22.8. The van der Waals surface area contributed by atoms with Crippen LogP contribution in [0.2, 0.25) is 0 Å². The van der Waals surface area contributed by atoms with E-state index in [1.54, 1.807) is 29.3 Å². The van der Waals surface area contributed by atoms with Crippen molar-refractivity contribution in [1.82, 2.24) is 30.0 Å². The highest BCUT2D eigenvalue weighted by molar-refractivity contribution is 5.98. The Labute approximate surface area is 241 Å². The number of hydrogen-bond acceptors (Lipinski definition) is 7. The summed E-state index contributed by atoms with van der Waals surface area (Å²) in [6.07, 6.45) is 8.12. The van der Waals surface area contributed by atoms with E-state index in [-0.39, 0.29) is 12.0 Å². The number of carbonyl (C=O) groups excluding carboxylic acids is 1. The van der Waals surface area contributed by atoms with E-state index < -0.39 is 17.3 Å². The highest BCUT2D eigenvalue weighted by Gasteiger charge is 2.37. The molecule has 208 valence electrons. The molecule has 1 fully saturated rings.